The molecule has 0 aliphatic rings. The highest BCUT2D eigenvalue weighted by Crippen LogP contribution is 2.29. The first kappa shape index (κ1) is 16.1. The van der Waals surface area contributed by atoms with E-state index in [1.807, 2.05) is 19.1 Å². The van der Waals surface area contributed by atoms with Crippen molar-refractivity contribution in [1.82, 2.24) is 9.97 Å². The summed E-state index contributed by atoms with van der Waals surface area (Å²) in [5.74, 6) is 1.55. The van der Waals surface area contributed by atoms with Crippen LogP contribution in [0.3, 0.4) is 0 Å². The highest BCUT2D eigenvalue weighted by Gasteiger charge is 2.14. The number of nitrogens with one attached hydrogen (secondary N) is 1. The Bertz CT molecular complexity index is 1050. The third kappa shape index (κ3) is 3.11. The predicted octanol–water partition coefficient (Wildman–Crippen LogP) is 5.08. The van der Waals surface area contributed by atoms with Gasteiger partial charge in [0.1, 0.15) is 17.3 Å². The molecule has 0 saturated heterocycles. The van der Waals surface area contributed by atoms with Crippen molar-refractivity contribution < 1.29 is 13.9 Å². The number of aryl methyl sites for hydroxylation is 1. The van der Waals surface area contributed by atoms with Gasteiger partial charge >= 0.3 is 0 Å². The Morgan fingerprint density at radius 2 is 1.73 bits per heavy atom. The van der Waals surface area contributed by atoms with E-state index in [1.165, 1.54) is 6.07 Å². The molecule has 0 bridgehead atoms. The summed E-state index contributed by atoms with van der Waals surface area (Å²) in [6.07, 6.45) is 0.667. The van der Waals surface area contributed by atoms with Crippen LogP contribution in [0.2, 0.25) is 0 Å². The van der Waals surface area contributed by atoms with Crippen LogP contribution in [0.15, 0.2) is 65.1 Å². The van der Waals surface area contributed by atoms with Gasteiger partial charge in [-0.25, -0.2) is 9.37 Å². The molecule has 4 aromatic rings. The quantitative estimate of drug-likeness (QED) is 0.540. The maximum Gasteiger partial charge on any atom is 0.174 e. The van der Waals surface area contributed by atoms with Gasteiger partial charge in [-0.3, -0.25) is 0 Å². The monoisotopic (exact) mass is 348 g/mol. The number of rotatable bonds is 4. The van der Waals surface area contributed by atoms with Crippen molar-refractivity contribution in [2.24, 2.45) is 0 Å². The number of phenolic OH excluding ortho intramolecular Hbond substituents is 1. The van der Waals surface area contributed by atoms with Crippen molar-refractivity contribution in [1.29, 1.82) is 0 Å². The lowest BCUT2D eigenvalue weighted by molar-refractivity contribution is 0.475. The topological polar surface area (TPSA) is 62.0 Å². The Labute approximate surface area is 150 Å². The van der Waals surface area contributed by atoms with Crippen LogP contribution >= 0.6 is 0 Å². The van der Waals surface area contributed by atoms with E-state index < -0.39 is 0 Å². The summed E-state index contributed by atoms with van der Waals surface area (Å²) in [5.41, 5.74) is 3.32. The SMILES string of the molecule is Cc1nc(-c2ccc(-c3ccccc3F)o2)[nH]c1Cc1ccc(O)cc1. The van der Waals surface area contributed by atoms with E-state index in [9.17, 15) is 9.50 Å². The lowest BCUT2D eigenvalue weighted by Gasteiger charge is -2.00. The average molecular weight is 348 g/mol. The summed E-state index contributed by atoms with van der Waals surface area (Å²) in [4.78, 5) is 7.81. The number of benzene rings is 2. The van der Waals surface area contributed by atoms with Crippen molar-refractivity contribution >= 4 is 0 Å². The Balaban J connectivity index is 1.61. The first-order valence-electron chi connectivity index (χ1n) is 8.28. The minimum absolute atomic E-state index is 0.243. The van der Waals surface area contributed by atoms with Crippen molar-refractivity contribution in [3.8, 4) is 28.7 Å². The van der Waals surface area contributed by atoms with Gasteiger partial charge in [0.05, 0.1) is 11.3 Å². The van der Waals surface area contributed by atoms with Crippen LogP contribution in [0, 0.1) is 12.7 Å². The first-order valence-corrected chi connectivity index (χ1v) is 8.28. The lowest BCUT2D eigenvalue weighted by Crippen LogP contribution is -1.90. The number of nitrogens with zero attached hydrogens (tertiary/aromatic N) is 1. The van der Waals surface area contributed by atoms with Gasteiger partial charge in [0.2, 0.25) is 0 Å². The van der Waals surface area contributed by atoms with Gasteiger partial charge in [0.15, 0.2) is 11.6 Å². The molecule has 2 N–H and O–H groups in total. The van der Waals surface area contributed by atoms with Gasteiger partial charge in [-0.1, -0.05) is 24.3 Å². The van der Waals surface area contributed by atoms with Crippen molar-refractivity contribution in [2.75, 3.05) is 0 Å². The number of imidazole rings is 1. The molecule has 0 aliphatic heterocycles. The summed E-state index contributed by atoms with van der Waals surface area (Å²) in [6, 6.07) is 17.1. The maximum absolute atomic E-state index is 13.9. The fourth-order valence-corrected chi connectivity index (χ4v) is 2.87. The molecule has 0 spiro atoms. The average Bonchev–Trinajstić information content (AvgIpc) is 3.25. The molecule has 0 radical (unpaired) electrons. The maximum atomic E-state index is 13.9. The molecule has 4 rings (SSSR count). The van der Waals surface area contributed by atoms with Crippen LogP contribution in [0.1, 0.15) is 17.0 Å². The normalized spacial score (nSPS) is 11.0. The zero-order valence-corrected chi connectivity index (χ0v) is 14.2. The molecule has 4 nitrogen and oxygen atoms in total. The predicted molar refractivity (Wildman–Crippen MR) is 97.3 cm³/mol. The number of halogens is 1. The minimum Gasteiger partial charge on any atom is -0.508 e. The van der Waals surface area contributed by atoms with Gasteiger partial charge in [-0.15, -0.1) is 0 Å². The van der Waals surface area contributed by atoms with Crippen molar-refractivity contribution in [2.45, 2.75) is 13.3 Å². The van der Waals surface area contributed by atoms with Crippen LogP contribution in [0.25, 0.3) is 22.9 Å². The second-order valence-electron chi connectivity index (χ2n) is 6.14. The standard InChI is InChI=1S/C21H17FN2O2/c1-13-18(12-14-6-8-15(25)9-7-14)24-21(23-13)20-11-10-19(26-20)16-4-2-3-5-17(16)22/h2-11,25H,12H2,1H3,(H,23,24). The Kier molecular flexibility index (Phi) is 4.05. The highest BCUT2D eigenvalue weighted by molar-refractivity contribution is 5.62. The van der Waals surface area contributed by atoms with Gasteiger partial charge in [0.25, 0.3) is 0 Å². The molecule has 0 atom stereocenters. The number of hydrogen-bond donors (Lipinski definition) is 2. The lowest BCUT2D eigenvalue weighted by atomic mass is 10.1. The van der Waals surface area contributed by atoms with Crippen LogP contribution in [-0.4, -0.2) is 15.1 Å². The molecule has 130 valence electrons. The second kappa shape index (κ2) is 6.52. The first-order chi connectivity index (χ1) is 12.6. The summed E-state index contributed by atoms with van der Waals surface area (Å²) in [6.45, 7) is 1.93. The van der Waals surface area contributed by atoms with Crippen LogP contribution in [0.4, 0.5) is 4.39 Å². The number of hydrogen-bond acceptors (Lipinski definition) is 3. The zero-order chi connectivity index (χ0) is 18.1. The molecule has 0 amide bonds. The molecular formula is C21H17FN2O2. The van der Waals surface area contributed by atoms with Gasteiger partial charge < -0.3 is 14.5 Å². The molecule has 0 unspecified atom stereocenters. The van der Waals surface area contributed by atoms with E-state index >= 15 is 0 Å². The number of aromatic nitrogens is 2. The summed E-state index contributed by atoms with van der Waals surface area (Å²) in [7, 11) is 0. The third-order valence-corrected chi connectivity index (χ3v) is 4.28. The Hall–Kier alpha value is -3.34. The fraction of sp³-hybridized carbons (Fsp3) is 0.0952. The summed E-state index contributed by atoms with van der Waals surface area (Å²) >= 11 is 0. The molecule has 2 aromatic carbocycles. The molecule has 0 aliphatic carbocycles. The molecule has 26 heavy (non-hydrogen) atoms. The van der Waals surface area contributed by atoms with E-state index in [1.54, 1.807) is 42.5 Å². The second-order valence-corrected chi connectivity index (χ2v) is 6.14. The molecule has 2 aromatic heterocycles. The number of aromatic amines is 1. The Morgan fingerprint density at radius 3 is 2.50 bits per heavy atom. The van der Waals surface area contributed by atoms with Crippen LogP contribution in [-0.2, 0) is 6.42 Å². The van der Waals surface area contributed by atoms with Crippen molar-refractivity contribution in [3.63, 3.8) is 0 Å². The molecule has 5 heteroatoms. The van der Waals surface area contributed by atoms with Gasteiger partial charge in [0, 0.05) is 12.1 Å². The highest BCUT2D eigenvalue weighted by atomic mass is 19.1. The molecule has 2 heterocycles. The largest absolute Gasteiger partial charge is 0.508 e. The smallest absolute Gasteiger partial charge is 0.174 e. The number of aromatic hydroxyl groups is 1. The molecule has 0 fully saturated rings. The zero-order valence-electron chi connectivity index (χ0n) is 14.2. The fourth-order valence-electron chi connectivity index (χ4n) is 2.87. The third-order valence-electron chi connectivity index (χ3n) is 4.28. The van der Waals surface area contributed by atoms with E-state index in [0.29, 0.717) is 29.3 Å². The van der Waals surface area contributed by atoms with E-state index in [-0.39, 0.29) is 11.6 Å². The number of furan rings is 1. The van der Waals surface area contributed by atoms with E-state index in [4.69, 9.17) is 4.42 Å². The van der Waals surface area contributed by atoms with E-state index in [2.05, 4.69) is 9.97 Å². The van der Waals surface area contributed by atoms with Gasteiger partial charge in [-0.05, 0) is 48.9 Å². The van der Waals surface area contributed by atoms with Gasteiger partial charge in [-0.2, -0.15) is 0 Å². The van der Waals surface area contributed by atoms with Crippen LogP contribution in [0.5, 0.6) is 5.75 Å². The number of H-pyrrole nitrogens is 1. The van der Waals surface area contributed by atoms with Crippen molar-refractivity contribution in [3.05, 3.63) is 83.4 Å². The minimum atomic E-state index is -0.322. The summed E-state index contributed by atoms with van der Waals surface area (Å²) in [5, 5.41) is 9.39. The molecule has 0 saturated carbocycles. The molecular weight excluding hydrogens is 331 g/mol. The summed E-state index contributed by atoms with van der Waals surface area (Å²) < 4.78 is 19.7. The Morgan fingerprint density at radius 1 is 1.00 bits per heavy atom. The van der Waals surface area contributed by atoms with E-state index in [0.717, 1.165) is 17.0 Å². The van der Waals surface area contributed by atoms with Crippen LogP contribution < -0.4 is 0 Å². The number of phenols is 1.